The number of hydrogen-bond acceptors (Lipinski definition) is 4. The van der Waals surface area contributed by atoms with Crippen LogP contribution in [0.25, 0.3) is 0 Å². The number of likely N-dealkylation sites (tertiary alicyclic amines) is 1. The van der Waals surface area contributed by atoms with E-state index in [1.807, 2.05) is 23.1 Å². The third-order valence-corrected chi connectivity index (χ3v) is 4.14. The molecule has 1 aliphatic heterocycles. The summed E-state index contributed by atoms with van der Waals surface area (Å²) >= 11 is 0. The minimum atomic E-state index is -0.439. The molecule has 1 fully saturated rings. The molecule has 0 radical (unpaired) electrons. The van der Waals surface area contributed by atoms with Crippen molar-refractivity contribution in [1.29, 1.82) is 0 Å². The third-order valence-electron chi connectivity index (χ3n) is 4.14. The molecular formula is C17H25NO4. The average molecular weight is 307 g/mol. The van der Waals surface area contributed by atoms with Crippen LogP contribution < -0.4 is 9.47 Å². The van der Waals surface area contributed by atoms with Crippen LogP contribution in [0.1, 0.15) is 44.2 Å². The Morgan fingerprint density at radius 2 is 2.09 bits per heavy atom. The summed E-state index contributed by atoms with van der Waals surface area (Å²) in [7, 11) is 3.22. The maximum Gasteiger partial charge on any atom is 0.223 e. The van der Waals surface area contributed by atoms with Crippen molar-refractivity contribution >= 4 is 5.91 Å². The average Bonchev–Trinajstić information content (AvgIpc) is 3.01. The highest BCUT2D eigenvalue weighted by Crippen LogP contribution is 2.37. The summed E-state index contributed by atoms with van der Waals surface area (Å²) in [6.07, 6.45) is 2.41. The lowest BCUT2D eigenvalue weighted by Gasteiger charge is -2.26. The Balaban J connectivity index is 2.14. The van der Waals surface area contributed by atoms with E-state index in [9.17, 15) is 9.90 Å². The summed E-state index contributed by atoms with van der Waals surface area (Å²) in [6, 6.07) is 5.90. The van der Waals surface area contributed by atoms with E-state index in [-0.39, 0.29) is 11.9 Å². The van der Waals surface area contributed by atoms with Gasteiger partial charge in [0.15, 0.2) is 11.5 Å². The molecule has 1 aliphatic rings. The first kappa shape index (κ1) is 16.6. The van der Waals surface area contributed by atoms with E-state index in [2.05, 4.69) is 0 Å². The Morgan fingerprint density at radius 1 is 1.36 bits per heavy atom. The Labute approximate surface area is 131 Å². The summed E-state index contributed by atoms with van der Waals surface area (Å²) in [5, 5.41) is 9.35. The topological polar surface area (TPSA) is 59.0 Å². The van der Waals surface area contributed by atoms with Crippen LogP contribution in [0.4, 0.5) is 0 Å². The van der Waals surface area contributed by atoms with Gasteiger partial charge in [0, 0.05) is 13.0 Å². The molecule has 1 aromatic carbocycles. The van der Waals surface area contributed by atoms with Gasteiger partial charge < -0.3 is 19.5 Å². The second-order valence-corrected chi connectivity index (χ2v) is 5.75. The number of aliphatic hydroxyl groups excluding tert-OH is 1. The monoisotopic (exact) mass is 307 g/mol. The molecule has 0 saturated carbocycles. The van der Waals surface area contributed by atoms with Crippen LogP contribution in [0, 0.1) is 0 Å². The zero-order chi connectivity index (χ0) is 16.1. The maximum absolute atomic E-state index is 12.4. The molecule has 1 amide bonds. The molecule has 5 heteroatoms. The number of aliphatic hydroxyl groups is 1. The number of hydrogen-bond donors (Lipinski definition) is 1. The van der Waals surface area contributed by atoms with Gasteiger partial charge in [-0.1, -0.05) is 6.07 Å². The lowest BCUT2D eigenvalue weighted by atomic mass is 10.0. The Kier molecular flexibility index (Phi) is 5.66. The van der Waals surface area contributed by atoms with Gasteiger partial charge in [-0.3, -0.25) is 4.79 Å². The molecule has 2 atom stereocenters. The van der Waals surface area contributed by atoms with Crippen molar-refractivity contribution in [2.45, 2.75) is 44.8 Å². The van der Waals surface area contributed by atoms with Crippen LogP contribution in [0.15, 0.2) is 18.2 Å². The minimum absolute atomic E-state index is 0.0845. The van der Waals surface area contributed by atoms with Crippen LogP contribution in [0.5, 0.6) is 11.5 Å². The van der Waals surface area contributed by atoms with Crippen molar-refractivity contribution in [1.82, 2.24) is 4.90 Å². The van der Waals surface area contributed by atoms with Crippen molar-refractivity contribution in [3.05, 3.63) is 23.8 Å². The van der Waals surface area contributed by atoms with Crippen molar-refractivity contribution in [2.75, 3.05) is 20.8 Å². The first-order chi connectivity index (χ1) is 10.6. The molecule has 0 spiro atoms. The zero-order valence-corrected chi connectivity index (χ0v) is 13.5. The number of carbonyl (C=O) groups is 1. The molecule has 2 rings (SSSR count). The normalized spacial score (nSPS) is 19.1. The fraction of sp³-hybridized carbons (Fsp3) is 0.588. The van der Waals surface area contributed by atoms with E-state index in [4.69, 9.17) is 9.47 Å². The highest BCUT2D eigenvalue weighted by molar-refractivity contribution is 5.77. The van der Waals surface area contributed by atoms with Crippen LogP contribution in [-0.2, 0) is 4.79 Å². The smallest absolute Gasteiger partial charge is 0.223 e. The van der Waals surface area contributed by atoms with Crippen molar-refractivity contribution in [2.24, 2.45) is 0 Å². The standard InChI is InChI=1S/C17H25NO4/c1-12(19)6-9-17(20)18-10-4-5-14(18)13-7-8-15(21-2)16(11-13)22-3/h7-8,11-12,14,19H,4-6,9-10H2,1-3H3/t12-,14+/m1/s1. The molecule has 1 heterocycles. The summed E-state index contributed by atoms with van der Waals surface area (Å²) in [5.41, 5.74) is 1.07. The first-order valence-corrected chi connectivity index (χ1v) is 7.76. The number of ether oxygens (including phenoxy) is 2. The second-order valence-electron chi connectivity index (χ2n) is 5.75. The molecule has 122 valence electrons. The van der Waals surface area contributed by atoms with E-state index in [0.29, 0.717) is 24.3 Å². The number of benzene rings is 1. The van der Waals surface area contributed by atoms with Crippen LogP contribution in [0.3, 0.4) is 0 Å². The van der Waals surface area contributed by atoms with Gasteiger partial charge in [-0.05, 0) is 43.9 Å². The minimum Gasteiger partial charge on any atom is -0.493 e. The van der Waals surface area contributed by atoms with Crippen molar-refractivity contribution < 1.29 is 19.4 Å². The quantitative estimate of drug-likeness (QED) is 0.877. The maximum atomic E-state index is 12.4. The molecule has 0 bridgehead atoms. The number of nitrogens with zero attached hydrogens (tertiary/aromatic N) is 1. The summed E-state index contributed by atoms with van der Waals surface area (Å²) in [5.74, 6) is 1.48. The number of carbonyl (C=O) groups excluding carboxylic acids is 1. The second kappa shape index (κ2) is 7.49. The van der Waals surface area contributed by atoms with Crippen LogP contribution in [0.2, 0.25) is 0 Å². The SMILES string of the molecule is COc1ccc([C@@H]2CCCN2C(=O)CC[C@@H](C)O)cc1OC. The highest BCUT2D eigenvalue weighted by Gasteiger charge is 2.30. The van der Waals surface area contributed by atoms with Gasteiger partial charge in [0.05, 0.1) is 26.4 Å². The molecular weight excluding hydrogens is 282 g/mol. The van der Waals surface area contributed by atoms with Gasteiger partial charge in [-0.15, -0.1) is 0 Å². The van der Waals surface area contributed by atoms with Crippen molar-refractivity contribution in [3.63, 3.8) is 0 Å². The van der Waals surface area contributed by atoms with Gasteiger partial charge in [-0.25, -0.2) is 0 Å². The predicted octanol–water partition coefficient (Wildman–Crippen LogP) is 2.53. The lowest BCUT2D eigenvalue weighted by Crippen LogP contribution is -2.30. The van der Waals surface area contributed by atoms with Gasteiger partial charge in [0.25, 0.3) is 0 Å². The van der Waals surface area contributed by atoms with Gasteiger partial charge in [0.2, 0.25) is 5.91 Å². The van der Waals surface area contributed by atoms with Gasteiger partial charge >= 0.3 is 0 Å². The first-order valence-electron chi connectivity index (χ1n) is 7.76. The molecule has 5 nitrogen and oxygen atoms in total. The number of amides is 1. The fourth-order valence-electron chi connectivity index (χ4n) is 2.95. The van der Waals surface area contributed by atoms with Crippen LogP contribution >= 0.6 is 0 Å². The van der Waals surface area contributed by atoms with E-state index in [1.165, 1.54) is 0 Å². The Hall–Kier alpha value is -1.75. The molecule has 1 aromatic rings. The fourth-order valence-corrected chi connectivity index (χ4v) is 2.95. The predicted molar refractivity (Wildman–Crippen MR) is 84.1 cm³/mol. The number of rotatable bonds is 6. The lowest BCUT2D eigenvalue weighted by molar-refractivity contribution is -0.132. The van der Waals surface area contributed by atoms with Gasteiger partial charge in [0.1, 0.15) is 0 Å². The zero-order valence-electron chi connectivity index (χ0n) is 13.5. The van der Waals surface area contributed by atoms with E-state index >= 15 is 0 Å². The third kappa shape index (κ3) is 3.71. The molecule has 0 aromatic heterocycles. The van der Waals surface area contributed by atoms with Crippen LogP contribution in [-0.4, -0.2) is 42.8 Å². The molecule has 1 N–H and O–H groups in total. The van der Waals surface area contributed by atoms with E-state index < -0.39 is 6.10 Å². The van der Waals surface area contributed by atoms with Gasteiger partial charge in [-0.2, -0.15) is 0 Å². The largest absolute Gasteiger partial charge is 0.493 e. The molecule has 1 saturated heterocycles. The Morgan fingerprint density at radius 3 is 2.73 bits per heavy atom. The molecule has 22 heavy (non-hydrogen) atoms. The Bertz CT molecular complexity index is 515. The number of methoxy groups -OCH3 is 2. The highest BCUT2D eigenvalue weighted by atomic mass is 16.5. The van der Waals surface area contributed by atoms with E-state index in [0.717, 1.165) is 24.9 Å². The summed E-state index contributed by atoms with van der Waals surface area (Å²) in [6.45, 7) is 2.49. The van der Waals surface area contributed by atoms with E-state index in [1.54, 1.807) is 21.1 Å². The summed E-state index contributed by atoms with van der Waals surface area (Å²) < 4.78 is 10.6. The molecule has 0 unspecified atom stereocenters. The molecule has 0 aliphatic carbocycles. The summed E-state index contributed by atoms with van der Waals surface area (Å²) in [4.78, 5) is 14.3. The van der Waals surface area contributed by atoms with Crippen molar-refractivity contribution in [3.8, 4) is 11.5 Å².